The highest BCUT2D eigenvalue weighted by atomic mass is 35.5. The zero-order valence-electron chi connectivity index (χ0n) is 19.9. The van der Waals surface area contributed by atoms with Crippen LogP contribution in [0.1, 0.15) is 24.1 Å². The number of furan rings is 1. The van der Waals surface area contributed by atoms with E-state index in [9.17, 15) is 4.79 Å². The molecular formula is C29H27ClN4O2. The fraction of sp³-hybridized carbons (Fsp3) is 0.241. The van der Waals surface area contributed by atoms with Crippen LogP contribution in [0.25, 0.3) is 21.9 Å². The molecule has 0 unspecified atom stereocenters. The van der Waals surface area contributed by atoms with Gasteiger partial charge in [0.25, 0.3) is 5.56 Å². The van der Waals surface area contributed by atoms with Crippen LogP contribution < -0.4 is 10.9 Å². The Morgan fingerprint density at radius 3 is 2.72 bits per heavy atom. The molecule has 1 fully saturated rings. The van der Waals surface area contributed by atoms with E-state index in [-0.39, 0.29) is 5.56 Å². The number of benzene rings is 2. The van der Waals surface area contributed by atoms with E-state index in [0.29, 0.717) is 17.6 Å². The number of fused-ring (bicyclic) bond motifs is 2. The molecule has 1 aliphatic rings. The van der Waals surface area contributed by atoms with Gasteiger partial charge in [-0.15, -0.1) is 0 Å². The standard InChI is InChI=1S/C29H27ClN4O2/c30-22-5-6-27-25(16-22)26(17-29(35)34(27)19-24-3-1-2-11-31-24)32-23-8-12-33(13-9-23)18-20-4-7-28-21(15-20)10-14-36-28/h1-7,10-11,14-17,23,32H,8-9,12-13,18-19H2. The zero-order valence-corrected chi connectivity index (χ0v) is 20.6. The lowest BCUT2D eigenvalue weighted by molar-refractivity contribution is 0.211. The maximum atomic E-state index is 13.2. The molecule has 0 saturated carbocycles. The van der Waals surface area contributed by atoms with Crippen molar-refractivity contribution >= 4 is 39.2 Å². The summed E-state index contributed by atoms with van der Waals surface area (Å²) in [5.74, 6) is 0. The number of nitrogens with zero attached hydrogens (tertiary/aromatic N) is 3. The fourth-order valence-electron chi connectivity index (χ4n) is 5.12. The normalized spacial score (nSPS) is 15.0. The molecule has 1 N–H and O–H groups in total. The number of halogens is 1. The topological polar surface area (TPSA) is 63.3 Å². The van der Waals surface area contributed by atoms with Gasteiger partial charge in [-0.2, -0.15) is 0 Å². The lowest BCUT2D eigenvalue weighted by Gasteiger charge is -2.33. The van der Waals surface area contributed by atoms with E-state index in [2.05, 4.69) is 27.3 Å². The highest BCUT2D eigenvalue weighted by Crippen LogP contribution is 2.28. The van der Waals surface area contributed by atoms with Crippen LogP contribution in [0.2, 0.25) is 5.02 Å². The Kier molecular flexibility index (Phi) is 6.21. The van der Waals surface area contributed by atoms with E-state index >= 15 is 0 Å². The number of rotatable bonds is 6. The van der Waals surface area contributed by atoms with Gasteiger partial charge in [0.2, 0.25) is 0 Å². The molecule has 6 rings (SSSR count). The Morgan fingerprint density at radius 2 is 1.89 bits per heavy atom. The summed E-state index contributed by atoms with van der Waals surface area (Å²) in [6, 6.07) is 21.8. The van der Waals surface area contributed by atoms with Gasteiger partial charge in [0.05, 0.1) is 24.0 Å². The van der Waals surface area contributed by atoms with Crippen molar-refractivity contribution < 1.29 is 4.42 Å². The third-order valence-corrected chi connectivity index (χ3v) is 7.22. The van der Waals surface area contributed by atoms with Crippen LogP contribution in [0.3, 0.4) is 0 Å². The second-order valence-electron chi connectivity index (χ2n) is 9.45. The van der Waals surface area contributed by atoms with E-state index in [4.69, 9.17) is 16.0 Å². The number of hydrogen-bond donors (Lipinski definition) is 1. The summed E-state index contributed by atoms with van der Waals surface area (Å²) in [6.07, 6.45) is 5.50. The monoisotopic (exact) mass is 498 g/mol. The average molecular weight is 499 g/mol. The molecule has 2 aromatic carbocycles. The minimum atomic E-state index is -0.0509. The molecule has 0 spiro atoms. The van der Waals surface area contributed by atoms with Gasteiger partial charge in [0.15, 0.2) is 0 Å². The Morgan fingerprint density at radius 1 is 1.00 bits per heavy atom. The molecule has 6 nitrogen and oxygen atoms in total. The van der Waals surface area contributed by atoms with Crippen molar-refractivity contribution in [3.63, 3.8) is 0 Å². The molecule has 0 atom stereocenters. The Balaban J connectivity index is 1.18. The summed E-state index contributed by atoms with van der Waals surface area (Å²) in [6.45, 7) is 3.34. The maximum Gasteiger partial charge on any atom is 0.253 e. The van der Waals surface area contributed by atoms with E-state index in [1.54, 1.807) is 23.1 Å². The number of likely N-dealkylation sites (tertiary alicyclic amines) is 1. The Bertz CT molecular complexity index is 1570. The van der Waals surface area contributed by atoms with Gasteiger partial charge in [-0.05, 0) is 66.9 Å². The first-order chi connectivity index (χ1) is 17.6. The van der Waals surface area contributed by atoms with Crippen LogP contribution in [0, 0.1) is 0 Å². The Hall–Kier alpha value is -3.61. The highest BCUT2D eigenvalue weighted by molar-refractivity contribution is 6.31. The largest absolute Gasteiger partial charge is 0.464 e. The van der Waals surface area contributed by atoms with E-state index in [1.165, 1.54) is 5.56 Å². The van der Waals surface area contributed by atoms with Crippen molar-refractivity contribution in [1.82, 2.24) is 14.5 Å². The van der Waals surface area contributed by atoms with Crippen molar-refractivity contribution in [2.24, 2.45) is 0 Å². The summed E-state index contributed by atoms with van der Waals surface area (Å²) in [5, 5.41) is 6.41. The summed E-state index contributed by atoms with van der Waals surface area (Å²) in [4.78, 5) is 20.0. The predicted molar refractivity (Wildman–Crippen MR) is 145 cm³/mol. The molecule has 0 amide bonds. The van der Waals surface area contributed by atoms with Gasteiger partial charge in [-0.25, -0.2) is 0 Å². The number of nitrogens with one attached hydrogen (secondary N) is 1. The van der Waals surface area contributed by atoms with Gasteiger partial charge in [-0.1, -0.05) is 23.7 Å². The SMILES string of the molecule is O=c1cc(NC2CCN(Cc3ccc4occc4c3)CC2)c2cc(Cl)ccc2n1Cc1ccccn1. The van der Waals surface area contributed by atoms with Crippen LogP contribution in [0.5, 0.6) is 0 Å². The van der Waals surface area contributed by atoms with Crippen LogP contribution in [-0.2, 0) is 13.1 Å². The van der Waals surface area contributed by atoms with Gasteiger partial charge >= 0.3 is 0 Å². The second kappa shape index (κ2) is 9.80. The molecule has 36 heavy (non-hydrogen) atoms. The lowest BCUT2D eigenvalue weighted by Crippen LogP contribution is -2.39. The van der Waals surface area contributed by atoms with Crippen LogP contribution in [-0.4, -0.2) is 33.6 Å². The van der Waals surface area contributed by atoms with Crippen molar-refractivity contribution in [2.75, 3.05) is 18.4 Å². The van der Waals surface area contributed by atoms with Crippen LogP contribution >= 0.6 is 11.6 Å². The molecule has 182 valence electrons. The number of pyridine rings is 2. The molecule has 7 heteroatoms. The van der Waals surface area contributed by atoms with Crippen LogP contribution in [0.4, 0.5) is 5.69 Å². The number of aromatic nitrogens is 2. The first-order valence-electron chi connectivity index (χ1n) is 12.3. The first-order valence-corrected chi connectivity index (χ1v) is 12.7. The highest BCUT2D eigenvalue weighted by Gasteiger charge is 2.21. The molecule has 1 aliphatic heterocycles. The maximum absolute atomic E-state index is 13.2. The third kappa shape index (κ3) is 4.74. The second-order valence-corrected chi connectivity index (χ2v) is 9.89. The summed E-state index contributed by atoms with van der Waals surface area (Å²) in [5.41, 5.74) is 4.72. The molecule has 4 heterocycles. The van der Waals surface area contributed by atoms with Gasteiger partial charge in [-0.3, -0.25) is 14.7 Å². The summed E-state index contributed by atoms with van der Waals surface area (Å²) < 4.78 is 7.22. The van der Waals surface area contributed by atoms with Crippen molar-refractivity contribution in [1.29, 1.82) is 0 Å². The number of hydrogen-bond acceptors (Lipinski definition) is 5. The molecule has 0 bridgehead atoms. The molecule has 5 aromatic rings. The quantitative estimate of drug-likeness (QED) is 0.315. The molecule has 1 saturated heterocycles. The van der Waals surface area contributed by atoms with E-state index in [1.807, 2.05) is 48.5 Å². The average Bonchev–Trinajstić information content (AvgIpc) is 3.36. The third-order valence-electron chi connectivity index (χ3n) is 6.99. The van der Waals surface area contributed by atoms with Gasteiger partial charge in [0.1, 0.15) is 5.58 Å². The Labute approximate surface area is 214 Å². The van der Waals surface area contributed by atoms with Crippen molar-refractivity contribution in [3.8, 4) is 0 Å². The summed E-state index contributed by atoms with van der Waals surface area (Å²) >= 11 is 6.37. The predicted octanol–water partition coefficient (Wildman–Crippen LogP) is 5.92. The molecule has 0 radical (unpaired) electrons. The first kappa shape index (κ1) is 22.8. The lowest BCUT2D eigenvalue weighted by atomic mass is 10.0. The summed E-state index contributed by atoms with van der Waals surface area (Å²) in [7, 11) is 0. The number of piperidine rings is 1. The van der Waals surface area contributed by atoms with Gasteiger partial charge < -0.3 is 14.3 Å². The minimum absolute atomic E-state index is 0.0509. The smallest absolute Gasteiger partial charge is 0.253 e. The van der Waals surface area contributed by atoms with E-state index in [0.717, 1.165) is 65.7 Å². The fourth-order valence-corrected chi connectivity index (χ4v) is 5.29. The van der Waals surface area contributed by atoms with Crippen LogP contribution in [0.15, 0.2) is 88.4 Å². The molecular weight excluding hydrogens is 472 g/mol. The van der Waals surface area contributed by atoms with E-state index < -0.39 is 0 Å². The zero-order chi connectivity index (χ0) is 24.5. The molecule has 0 aliphatic carbocycles. The minimum Gasteiger partial charge on any atom is -0.464 e. The molecule has 3 aromatic heterocycles. The number of anilines is 1. The van der Waals surface area contributed by atoms with Crippen molar-refractivity contribution in [2.45, 2.75) is 32.0 Å². The van der Waals surface area contributed by atoms with Crippen molar-refractivity contribution in [3.05, 3.63) is 106 Å². The van der Waals surface area contributed by atoms with Gasteiger partial charge in [0, 0.05) is 59.4 Å².